The lowest BCUT2D eigenvalue weighted by molar-refractivity contribution is 1.01. The van der Waals surface area contributed by atoms with E-state index in [-0.39, 0.29) is 24.8 Å². The Morgan fingerprint density at radius 2 is 1.77 bits per heavy atom. The molecule has 0 saturated carbocycles. The maximum absolute atomic E-state index is 5.91. The second-order valence-corrected chi connectivity index (χ2v) is 5.99. The molecule has 0 aliphatic heterocycles. The fourth-order valence-corrected chi connectivity index (χ4v) is 2.53. The number of hydrogen-bond donors (Lipinski definition) is 2. The molecule has 0 fully saturated rings. The van der Waals surface area contributed by atoms with E-state index in [0.717, 1.165) is 27.3 Å². The number of nitrogens with two attached hydrogens (primary N) is 1. The first kappa shape index (κ1) is 22.2. The zero-order valence-corrected chi connectivity index (χ0v) is 16.7. The Morgan fingerprint density at radius 1 is 1.04 bits per heavy atom. The molecule has 0 amide bonds. The topological polar surface area (TPSA) is 63.8 Å². The van der Waals surface area contributed by atoms with Crippen LogP contribution in [-0.2, 0) is 0 Å². The molecule has 0 bridgehead atoms. The summed E-state index contributed by atoms with van der Waals surface area (Å²) in [7, 11) is 0. The SMILES string of the molecule is Cc1ccc2nc(C=Cc3ccc(Cl)cc3)nc(NCCN)c2c1.Cl.Cl. The number of aromatic nitrogens is 2. The molecule has 4 nitrogen and oxygen atoms in total. The van der Waals surface area contributed by atoms with Crippen molar-refractivity contribution < 1.29 is 0 Å². The minimum atomic E-state index is 0. The summed E-state index contributed by atoms with van der Waals surface area (Å²) in [6.07, 6.45) is 3.87. The Labute approximate surface area is 170 Å². The van der Waals surface area contributed by atoms with Gasteiger partial charge < -0.3 is 11.1 Å². The second-order valence-electron chi connectivity index (χ2n) is 5.55. The maximum Gasteiger partial charge on any atom is 0.154 e. The average Bonchev–Trinajstić information content (AvgIpc) is 2.59. The summed E-state index contributed by atoms with van der Waals surface area (Å²) in [5, 5.41) is 5.01. The molecule has 0 atom stereocenters. The molecule has 3 N–H and O–H groups in total. The zero-order chi connectivity index (χ0) is 16.9. The molecular formula is C19H21Cl3N4. The van der Waals surface area contributed by atoms with Gasteiger partial charge in [0.25, 0.3) is 0 Å². The number of aryl methyl sites for hydroxylation is 1. The first-order valence-electron chi connectivity index (χ1n) is 7.82. The van der Waals surface area contributed by atoms with Crippen LogP contribution in [0.1, 0.15) is 17.0 Å². The van der Waals surface area contributed by atoms with Gasteiger partial charge in [-0.25, -0.2) is 9.97 Å². The zero-order valence-electron chi connectivity index (χ0n) is 14.3. The van der Waals surface area contributed by atoms with E-state index in [4.69, 9.17) is 17.3 Å². The van der Waals surface area contributed by atoms with Crippen LogP contribution in [0, 0.1) is 6.92 Å². The largest absolute Gasteiger partial charge is 0.368 e. The molecule has 0 aliphatic carbocycles. The first-order valence-corrected chi connectivity index (χ1v) is 8.19. The van der Waals surface area contributed by atoms with Gasteiger partial charge in [-0.3, -0.25) is 0 Å². The highest BCUT2D eigenvalue weighted by Gasteiger charge is 2.06. The molecule has 0 aliphatic rings. The van der Waals surface area contributed by atoms with Gasteiger partial charge in [-0.15, -0.1) is 24.8 Å². The summed E-state index contributed by atoms with van der Waals surface area (Å²) in [6.45, 7) is 3.27. The Morgan fingerprint density at radius 3 is 2.46 bits per heavy atom. The van der Waals surface area contributed by atoms with Crippen molar-refractivity contribution in [1.29, 1.82) is 0 Å². The minimum absolute atomic E-state index is 0. The van der Waals surface area contributed by atoms with Gasteiger partial charge >= 0.3 is 0 Å². The van der Waals surface area contributed by atoms with E-state index in [1.54, 1.807) is 0 Å². The second kappa shape index (κ2) is 10.3. The molecular weight excluding hydrogens is 391 g/mol. The molecule has 0 spiro atoms. The fraction of sp³-hybridized carbons (Fsp3) is 0.158. The Kier molecular flexibility index (Phi) is 8.82. The van der Waals surface area contributed by atoms with Crippen LogP contribution in [0.25, 0.3) is 23.1 Å². The number of benzene rings is 2. The summed E-state index contributed by atoms with van der Waals surface area (Å²) in [6, 6.07) is 13.8. The number of anilines is 1. The van der Waals surface area contributed by atoms with Crippen molar-refractivity contribution in [2.75, 3.05) is 18.4 Å². The van der Waals surface area contributed by atoms with Crippen LogP contribution in [0.15, 0.2) is 42.5 Å². The first-order chi connectivity index (χ1) is 11.7. The predicted molar refractivity (Wildman–Crippen MR) is 117 cm³/mol. The molecule has 1 aromatic heterocycles. The Balaban J connectivity index is 0.00000169. The van der Waals surface area contributed by atoms with Crippen molar-refractivity contribution in [3.8, 4) is 0 Å². The summed E-state index contributed by atoms with van der Waals surface area (Å²) >= 11 is 5.91. The Hall–Kier alpha value is -1.85. The van der Waals surface area contributed by atoms with Gasteiger partial charge in [0.15, 0.2) is 5.82 Å². The molecule has 0 unspecified atom stereocenters. The summed E-state index contributed by atoms with van der Waals surface area (Å²) in [4.78, 5) is 9.24. The van der Waals surface area contributed by atoms with Gasteiger partial charge in [0.05, 0.1) is 5.52 Å². The lowest BCUT2D eigenvalue weighted by Crippen LogP contribution is -2.14. The lowest BCUT2D eigenvalue weighted by atomic mass is 10.1. The van der Waals surface area contributed by atoms with E-state index < -0.39 is 0 Å². The lowest BCUT2D eigenvalue weighted by Gasteiger charge is -2.09. The monoisotopic (exact) mass is 410 g/mol. The van der Waals surface area contributed by atoms with Gasteiger partial charge in [-0.2, -0.15) is 0 Å². The van der Waals surface area contributed by atoms with Crippen molar-refractivity contribution in [1.82, 2.24) is 9.97 Å². The molecule has 1 heterocycles. The maximum atomic E-state index is 5.91. The summed E-state index contributed by atoms with van der Waals surface area (Å²) < 4.78 is 0. The van der Waals surface area contributed by atoms with Crippen molar-refractivity contribution >= 4 is 65.3 Å². The van der Waals surface area contributed by atoms with Gasteiger partial charge in [0, 0.05) is 23.5 Å². The highest BCUT2D eigenvalue weighted by atomic mass is 35.5. The smallest absolute Gasteiger partial charge is 0.154 e. The van der Waals surface area contributed by atoms with E-state index >= 15 is 0 Å². The van der Waals surface area contributed by atoms with E-state index in [0.29, 0.717) is 18.9 Å². The third kappa shape index (κ3) is 5.58. The number of rotatable bonds is 5. The fourth-order valence-electron chi connectivity index (χ4n) is 2.40. The van der Waals surface area contributed by atoms with Crippen molar-refractivity contribution in [3.05, 3.63) is 64.4 Å². The van der Waals surface area contributed by atoms with Crippen LogP contribution >= 0.6 is 36.4 Å². The van der Waals surface area contributed by atoms with Gasteiger partial charge in [-0.05, 0) is 42.8 Å². The molecule has 3 aromatic rings. The molecule has 2 aromatic carbocycles. The molecule has 0 saturated heterocycles. The molecule has 7 heteroatoms. The van der Waals surface area contributed by atoms with Crippen LogP contribution < -0.4 is 11.1 Å². The molecule has 26 heavy (non-hydrogen) atoms. The van der Waals surface area contributed by atoms with Gasteiger partial charge in [0.1, 0.15) is 5.82 Å². The number of nitrogens with zero attached hydrogens (tertiary/aromatic N) is 2. The molecule has 3 rings (SSSR count). The van der Waals surface area contributed by atoms with Crippen LogP contribution in [0.2, 0.25) is 5.02 Å². The normalized spacial score (nSPS) is 10.4. The number of nitrogens with one attached hydrogen (secondary N) is 1. The van der Waals surface area contributed by atoms with E-state index in [1.165, 1.54) is 5.56 Å². The standard InChI is InChI=1S/C19H19ClN4.2ClH/c1-13-2-8-17-16(12-13)19(22-11-10-21)24-18(23-17)9-5-14-3-6-15(20)7-4-14;;/h2-9,12H,10-11,21H2,1H3,(H,22,23,24);2*1H. The third-order valence-corrected chi connectivity index (χ3v) is 3.85. The molecule has 0 radical (unpaired) electrons. The van der Waals surface area contributed by atoms with Crippen LogP contribution in [0.5, 0.6) is 0 Å². The third-order valence-electron chi connectivity index (χ3n) is 3.60. The van der Waals surface area contributed by atoms with Crippen molar-refractivity contribution in [3.63, 3.8) is 0 Å². The summed E-state index contributed by atoms with van der Waals surface area (Å²) in [5.41, 5.74) is 8.73. The Bertz CT molecular complexity index is 880. The van der Waals surface area contributed by atoms with E-state index in [1.807, 2.05) is 42.5 Å². The van der Waals surface area contributed by atoms with Crippen LogP contribution in [0.3, 0.4) is 0 Å². The highest BCUT2D eigenvalue weighted by Crippen LogP contribution is 2.22. The quantitative estimate of drug-likeness (QED) is 0.621. The number of hydrogen-bond acceptors (Lipinski definition) is 4. The molecule has 138 valence electrons. The highest BCUT2D eigenvalue weighted by molar-refractivity contribution is 6.30. The van der Waals surface area contributed by atoms with Gasteiger partial charge in [0.2, 0.25) is 0 Å². The van der Waals surface area contributed by atoms with Crippen molar-refractivity contribution in [2.24, 2.45) is 5.73 Å². The van der Waals surface area contributed by atoms with Gasteiger partial charge in [-0.1, -0.05) is 41.4 Å². The van der Waals surface area contributed by atoms with E-state index in [9.17, 15) is 0 Å². The predicted octanol–water partition coefficient (Wildman–Crippen LogP) is 4.98. The minimum Gasteiger partial charge on any atom is -0.368 e. The average molecular weight is 412 g/mol. The van der Waals surface area contributed by atoms with E-state index in [2.05, 4.69) is 34.3 Å². The summed E-state index contributed by atoms with van der Waals surface area (Å²) in [5.74, 6) is 1.46. The number of fused-ring (bicyclic) bond motifs is 1. The van der Waals surface area contributed by atoms with Crippen molar-refractivity contribution in [2.45, 2.75) is 6.92 Å². The van der Waals surface area contributed by atoms with Crippen LogP contribution in [0.4, 0.5) is 5.82 Å². The number of halogens is 3. The van der Waals surface area contributed by atoms with Crippen LogP contribution in [-0.4, -0.2) is 23.1 Å².